The van der Waals surface area contributed by atoms with Crippen molar-refractivity contribution in [2.75, 3.05) is 37.0 Å². The summed E-state index contributed by atoms with van der Waals surface area (Å²) in [5.74, 6) is -5.95. The van der Waals surface area contributed by atoms with Gasteiger partial charge in [-0.15, -0.1) is 34.0 Å². The van der Waals surface area contributed by atoms with Gasteiger partial charge < -0.3 is 61.2 Å². The summed E-state index contributed by atoms with van der Waals surface area (Å²) in [6, 6.07) is 0. The number of rotatable bonds is 15. The van der Waals surface area contributed by atoms with Gasteiger partial charge in [-0.05, 0) is 62.3 Å². The van der Waals surface area contributed by atoms with E-state index in [2.05, 4.69) is 44.9 Å². The van der Waals surface area contributed by atoms with Crippen molar-refractivity contribution in [3.8, 4) is 0 Å². The molecular weight excluding hydrogens is 890 g/mol. The van der Waals surface area contributed by atoms with E-state index in [1.165, 1.54) is 16.1 Å². The molecular formula is C33H48N9O15PS3. The number of oxime groups is 3. The summed E-state index contributed by atoms with van der Waals surface area (Å²) in [6.45, 7) is 13.9. The maximum Gasteiger partial charge on any atom is 0.360 e. The number of ether oxygens (including phenoxy) is 3. The van der Waals surface area contributed by atoms with Gasteiger partial charge in [0, 0.05) is 16.1 Å². The van der Waals surface area contributed by atoms with Crippen molar-refractivity contribution in [2.24, 2.45) is 15.5 Å². The molecule has 3 heterocycles. The Bertz CT molecular complexity index is 1830. The smallest absolute Gasteiger partial charge is 0.360 e. The van der Waals surface area contributed by atoms with Gasteiger partial charge in [0.1, 0.15) is 33.9 Å². The topological polar surface area (TPSA) is 372 Å². The van der Waals surface area contributed by atoms with Crippen LogP contribution in [0.2, 0.25) is 0 Å². The second kappa shape index (κ2) is 24.9. The molecule has 1 atom stereocenters. The van der Waals surface area contributed by atoms with Crippen LogP contribution < -0.4 is 17.2 Å². The van der Waals surface area contributed by atoms with Gasteiger partial charge in [0.25, 0.3) is 0 Å². The fourth-order valence-corrected chi connectivity index (χ4v) is 4.98. The second-order valence-electron chi connectivity index (χ2n) is 14.0. The summed E-state index contributed by atoms with van der Waals surface area (Å²) >= 11 is 3.22. The molecule has 1 unspecified atom stereocenters. The highest BCUT2D eigenvalue weighted by Crippen LogP contribution is 2.15. The Balaban J connectivity index is 0.000000878. The summed E-state index contributed by atoms with van der Waals surface area (Å²) < 4.78 is 14.9. The van der Waals surface area contributed by atoms with Gasteiger partial charge in [0.2, 0.25) is 37.0 Å². The molecule has 3 aromatic rings. The number of carboxylic acids is 3. The number of aromatic nitrogens is 3. The highest BCUT2D eigenvalue weighted by Gasteiger charge is 2.22. The zero-order valence-electron chi connectivity index (χ0n) is 34.4. The summed E-state index contributed by atoms with van der Waals surface area (Å²) in [4.78, 5) is 92.5. The van der Waals surface area contributed by atoms with Gasteiger partial charge in [-0.2, -0.15) is 9.90 Å². The van der Waals surface area contributed by atoms with Crippen molar-refractivity contribution in [1.82, 2.24) is 15.0 Å². The minimum absolute atomic E-state index is 0. The van der Waals surface area contributed by atoms with Crippen LogP contribution in [0.25, 0.3) is 0 Å². The average molecular weight is 938 g/mol. The van der Waals surface area contributed by atoms with E-state index in [0.29, 0.717) is 0 Å². The molecule has 338 valence electrons. The first-order chi connectivity index (χ1) is 27.6. The van der Waals surface area contributed by atoms with Crippen LogP contribution >= 0.6 is 43.9 Å². The number of anilines is 3. The minimum atomic E-state index is -1.33. The van der Waals surface area contributed by atoms with Crippen LogP contribution in [0.15, 0.2) is 31.6 Å². The number of esters is 3. The van der Waals surface area contributed by atoms with Crippen molar-refractivity contribution < 1.29 is 72.8 Å². The third kappa shape index (κ3) is 24.0. The molecule has 9 N–H and O–H groups in total. The van der Waals surface area contributed by atoms with Gasteiger partial charge in [0.05, 0.1) is 0 Å². The molecule has 3 aromatic heterocycles. The average Bonchev–Trinajstić information content (AvgIpc) is 3.82. The number of carbonyl (C=O) groups excluding carboxylic acids is 3. The van der Waals surface area contributed by atoms with E-state index < -0.39 is 89.6 Å². The van der Waals surface area contributed by atoms with Crippen molar-refractivity contribution in [3.05, 3.63) is 33.2 Å². The van der Waals surface area contributed by atoms with E-state index in [4.69, 9.17) is 46.7 Å². The number of carbonyl (C=O) groups is 6. The van der Waals surface area contributed by atoms with Gasteiger partial charge in [-0.1, -0.05) is 15.5 Å². The van der Waals surface area contributed by atoms with Crippen molar-refractivity contribution >= 4 is 112 Å². The zero-order valence-corrected chi connectivity index (χ0v) is 38.3. The van der Waals surface area contributed by atoms with E-state index in [-0.39, 0.29) is 42.4 Å². The van der Waals surface area contributed by atoms with Crippen LogP contribution in [-0.2, 0) is 57.5 Å². The number of nitrogen functional groups attached to an aromatic ring is 3. The predicted octanol–water partition coefficient (Wildman–Crippen LogP) is 2.68. The number of hydrogen-bond donors (Lipinski definition) is 6. The molecule has 0 saturated heterocycles. The molecule has 28 heteroatoms. The standard InChI is InChI=1S/3C11H15N3O5S.H3P/c3*1-11(2,3)19-7(15)4-18-14-8(9(16)17)6-5-20-10(12)13-6;/h3*5H,4H2,1-3H3,(H2,12,13)(H,16,17);1H3/b3*14-8-;. The molecule has 0 fully saturated rings. The first-order valence-corrected chi connectivity index (χ1v) is 19.3. The van der Waals surface area contributed by atoms with E-state index in [9.17, 15) is 28.8 Å². The van der Waals surface area contributed by atoms with Crippen molar-refractivity contribution in [1.29, 1.82) is 0 Å². The highest BCUT2D eigenvalue weighted by molar-refractivity contribution is 7.14. The number of nitrogens with two attached hydrogens (primary N) is 3. The zero-order chi connectivity index (χ0) is 46.0. The fourth-order valence-electron chi connectivity index (χ4n) is 3.34. The summed E-state index contributed by atoms with van der Waals surface area (Å²) in [7, 11) is 0. The number of carboxylic acid groups (broad SMARTS) is 3. The third-order valence-corrected chi connectivity index (χ3v) is 7.20. The molecule has 3 rings (SSSR count). The molecule has 61 heavy (non-hydrogen) atoms. The summed E-state index contributed by atoms with van der Waals surface area (Å²) in [5.41, 5.74) is 13.2. The van der Waals surface area contributed by atoms with E-state index in [1.807, 2.05) is 0 Å². The third-order valence-electron chi connectivity index (χ3n) is 5.18. The molecule has 0 bridgehead atoms. The first kappa shape index (κ1) is 54.9. The lowest BCUT2D eigenvalue weighted by molar-refractivity contribution is -0.161. The Labute approximate surface area is 363 Å². The van der Waals surface area contributed by atoms with Crippen LogP contribution in [0, 0.1) is 0 Å². The molecule has 0 spiro atoms. The molecule has 0 saturated carbocycles. The normalized spacial score (nSPS) is 11.9. The first-order valence-electron chi connectivity index (χ1n) is 16.7. The Morgan fingerprint density at radius 2 is 0.721 bits per heavy atom. The van der Waals surface area contributed by atoms with E-state index in [1.54, 1.807) is 62.3 Å². The Morgan fingerprint density at radius 1 is 0.508 bits per heavy atom. The van der Waals surface area contributed by atoms with Crippen LogP contribution in [0.1, 0.15) is 79.4 Å². The predicted molar refractivity (Wildman–Crippen MR) is 229 cm³/mol. The van der Waals surface area contributed by atoms with Gasteiger partial charge >= 0.3 is 35.8 Å². The Kier molecular flexibility index (Phi) is 22.4. The maximum atomic E-state index is 11.4. The van der Waals surface area contributed by atoms with Crippen LogP contribution in [-0.4, -0.2) is 120 Å². The molecule has 0 aliphatic heterocycles. The quantitative estimate of drug-likeness (QED) is 0.0419. The van der Waals surface area contributed by atoms with Crippen molar-refractivity contribution in [3.63, 3.8) is 0 Å². The lowest BCUT2D eigenvalue weighted by Crippen LogP contribution is -2.26. The number of nitrogens with zero attached hydrogens (tertiary/aromatic N) is 6. The summed E-state index contributed by atoms with van der Waals surface area (Å²) in [6.07, 6.45) is 0. The van der Waals surface area contributed by atoms with Gasteiger partial charge in [-0.3, -0.25) is 0 Å². The monoisotopic (exact) mass is 937 g/mol. The van der Waals surface area contributed by atoms with Crippen LogP contribution in [0.4, 0.5) is 15.4 Å². The Hall–Kier alpha value is -6.05. The largest absolute Gasteiger partial charge is 0.476 e. The highest BCUT2D eigenvalue weighted by atomic mass is 32.1. The molecule has 0 aromatic carbocycles. The maximum absolute atomic E-state index is 11.4. The molecule has 24 nitrogen and oxygen atoms in total. The molecule has 0 aliphatic carbocycles. The van der Waals surface area contributed by atoms with Crippen LogP contribution in [0.5, 0.6) is 0 Å². The minimum Gasteiger partial charge on any atom is -0.476 e. The number of thiazole rings is 3. The van der Waals surface area contributed by atoms with Crippen molar-refractivity contribution in [2.45, 2.75) is 79.1 Å². The van der Waals surface area contributed by atoms with E-state index >= 15 is 0 Å². The number of hydrogen-bond acceptors (Lipinski definition) is 24. The number of aliphatic carboxylic acids is 3. The molecule has 0 radical (unpaired) electrons. The fraction of sp³-hybridized carbons (Fsp3) is 0.455. The molecule has 0 amide bonds. The second-order valence-corrected chi connectivity index (χ2v) is 16.7. The van der Waals surface area contributed by atoms with Crippen LogP contribution in [0.3, 0.4) is 0 Å². The SMILES string of the molecule is CC(C)(C)OC(=O)CO/N=C(\C(=O)O)c1csc(N)n1.CC(C)(C)OC(=O)CO/N=C(\C(=O)O)c1csc(N)n1.CC(C)(C)OC(=O)CO/N=C(\C(=O)O)c1csc(N)n1.P. The van der Waals surface area contributed by atoms with E-state index in [0.717, 1.165) is 34.0 Å². The van der Waals surface area contributed by atoms with Gasteiger partial charge in [-0.25, -0.2) is 43.7 Å². The van der Waals surface area contributed by atoms with Gasteiger partial charge in [0.15, 0.2) is 15.4 Å². The summed E-state index contributed by atoms with van der Waals surface area (Å²) in [5, 5.41) is 42.0. The lowest BCUT2D eigenvalue weighted by Gasteiger charge is -2.18. The lowest BCUT2D eigenvalue weighted by atomic mass is 10.2. The Morgan fingerprint density at radius 3 is 0.869 bits per heavy atom. The molecule has 0 aliphatic rings.